The van der Waals surface area contributed by atoms with Crippen molar-refractivity contribution in [2.45, 2.75) is 50.0 Å². The van der Waals surface area contributed by atoms with E-state index < -0.39 is 11.4 Å². The fourth-order valence-electron chi connectivity index (χ4n) is 2.64. The summed E-state index contributed by atoms with van der Waals surface area (Å²) in [5.41, 5.74) is -0.985. The highest BCUT2D eigenvalue weighted by Crippen LogP contribution is 2.47. The highest BCUT2D eigenvalue weighted by Gasteiger charge is 2.54. The third kappa shape index (κ3) is 3.01. The van der Waals surface area contributed by atoms with E-state index in [0.717, 1.165) is 13.0 Å². The largest absolute Gasteiger partial charge is 0.373 e. The van der Waals surface area contributed by atoms with Crippen LogP contribution in [0, 0.1) is 5.41 Å². The topological polar surface area (TPSA) is 98.3 Å². The second-order valence-corrected chi connectivity index (χ2v) is 5.73. The first kappa shape index (κ1) is 12.8. The van der Waals surface area contributed by atoms with Crippen LogP contribution >= 0.6 is 0 Å². The minimum absolute atomic E-state index is 0.0229. The third-order valence-electron chi connectivity index (χ3n) is 4.10. The molecule has 3 rings (SSSR count). The summed E-state index contributed by atoms with van der Waals surface area (Å²) in [5.74, 6) is -2.69. The summed E-state index contributed by atoms with van der Waals surface area (Å²) in [7, 11) is 0. The predicted molar refractivity (Wildman–Crippen MR) is 59.5 cm³/mol. The van der Waals surface area contributed by atoms with E-state index in [0.29, 0.717) is 32.5 Å². The van der Waals surface area contributed by atoms with Crippen molar-refractivity contribution >= 4 is 0 Å². The van der Waals surface area contributed by atoms with E-state index in [4.69, 9.17) is 14.2 Å². The molecule has 6 nitrogen and oxygen atoms in total. The number of ether oxygens (including phenoxy) is 3. The van der Waals surface area contributed by atoms with Gasteiger partial charge < -0.3 is 29.5 Å². The highest BCUT2D eigenvalue weighted by atomic mass is 16.7. The van der Waals surface area contributed by atoms with Crippen LogP contribution in [-0.4, -0.2) is 59.4 Å². The maximum Gasteiger partial charge on any atom is 0.281 e. The van der Waals surface area contributed by atoms with Gasteiger partial charge in [0.2, 0.25) is 0 Å². The van der Waals surface area contributed by atoms with Crippen molar-refractivity contribution in [1.82, 2.24) is 0 Å². The predicted octanol–water partition coefficient (Wildman–Crippen LogP) is -0.640. The molecular weight excluding hydrogens is 240 g/mol. The zero-order valence-electron chi connectivity index (χ0n) is 10.2. The second kappa shape index (κ2) is 4.40. The van der Waals surface area contributed by atoms with Gasteiger partial charge in [0, 0.05) is 0 Å². The summed E-state index contributed by atoms with van der Waals surface area (Å²) in [6, 6.07) is 0. The first-order valence-corrected chi connectivity index (χ1v) is 6.50. The Labute approximate surface area is 105 Å². The summed E-state index contributed by atoms with van der Waals surface area (Å²) in [6.07, 6.45) is 2.37. The van der Waals surface area contributed by atoms with Crippen LogP contribution < -0.4 is 0 Å². The molecule has 6 heteroatoms. The average molecular weight is 260 g/mol. The summed E-state index contributed by atoms with van der Waals surface area (Å²) >= 11 is 0. The van der Waals surface area contributed by atoms with Crippen LogP contribution in [0.4, 0.5) is 0 Å². The van der Waals surface area contributed by atoms with Gasteiger partial charge in [-0.05, 0) is 25.7 Å². The Morgan fingerprint density at radius 2 is 1.28 bits per heavy atom. The minimum atomic E-state index is -2.69. The van der Waals surface area contributed by atoms with Gasteiger partial charge in [0.15, 0.2) is 0 Å². The second-order valence-electron chi connectivity index (χ2n) is 5.73. The fraction of sp³-hybridized carbons (Fsp3) is 1.00. The van der Waals surface area contributed by atoms with Crippen LogP contribution in [0.1, 0.15) is 25.7 Å². The molecule has 3 unspecified atom stereocenters. The van der Waals surface area contributed by atoms with Gasteiger partial charge in [-0.1, -0.05) is 0 Å². The van der Waals surface area contributed by atoms with E-state index in [1.165, 1.54) is 0 Å². The molecule has 0 aromatic carbocycles. The Morgan fingerprint density at radius 3 is 1.61 bits per heavy atom. The maximum atomic E-state index is 9.77. The van der Waals surface area contributed by atoms with Crippen LogP contribution in [0.15, 0.2) is 0 Å². The molecule has 0 amide bonds. The van der Waals surface area contributed by atoms with E-state index in [9.17, 15) is 15.3 Å². The van der Waals surface area contributed by atoms with E-state index in [1.54, 1.807) is 0 Å². The molecule has 0 spiro atoms. The zero-order valence-corrected chi connectivity index (χ0v) is 10.2. The van der Waals surface area contributed by atoms with Crippen LogP contribution in [0.2, 0.25) is 0 Å². The fourth-order valence-corrected chi connectivity index (χ4v) is 2.64. The summed E-state index contributed by atoms with van der Waals surface area (Å²) in [4.78, 5) is 0. The standard InChI is InChI=1S/C12H20O6/c13-12(14,15)11(3-9-6-17-9,4-10-7-18-10)2-1-8-5-16-8/h8-10,13-15H,1-7H2. The van der Waals surface area contributed by atoms with Gasteiger partial charge in [-0.15, -0.1) is 0 Å². The van der Waals surface area contributed by atoms with E-state index in [-0.39, 0.29) is 18.3 Å². The number of hydrogen-bond donors (Lipinski definition) is 3. The molecule has 3 fully saturated rings. The highest BCUT2D eigenvalue weighted by molar-refractivity contribution is 4.95. The van der Waals surface area contributed by atoms with E-state index >= 15 is 0 Å². The number of epoxide rings is 3. The van der Waals surface area contributed by atoms with Gasteiger partial charge in [-0.25, -0.2) is 0 Å². The van der Waals surface area contributed by atoms with Crippen molar-refractivity contribution in [3.8, 4) is 0 Å². The molecule has 3 aliphatic rings. The lowest BCUT2D eigenvalue weighted by Crippen LogP contribution is -2.50. The molecule has 18 heavy (non-hydrogen) atoms. The molecule has 3 aliphatic heterocycles. The van der Waals surface area contributed by atoms with Crippen molar-refractivity contribution < 1.29 is 29.5 Å². The van der Waals surface area contributed by atoms with E-state index in [2.05, 4.69) is 0 Å². The van der Waals surface area contributed by atoms with Gasteiger partial charge in [-0.3, -0.25) is 0 Å². The minimum Gasteiger partial charge on any atom is -0.373 e. The lowest BCUT2D eigenvalue weighted by molar-refractivity contribution is -0.380. The van der Waals surface area contributed by atoms with Gasteiger partial charge in [0.25, 0.3) is 5.97 Å². The normalized spacial score (nSPS) is 37.2. The SMILES string of the molecule is OC(O)(O)C(CCC1CO1)(CC1CO1)CC1CO1. The molecule has 3 heterocycles. The van der Waals surface area contributed by atoms with Crippen LogP contribution in [-0.2, 0) is 14.2 Å². The smallest absolute Gasteiger partial charge is 0.281 e. The Bertz CT molecular complexity index is 286. The molecule has 3 saturated heterocycles. The van der Waals surface area contributed by atoms with Crippen molar-refractivity contribution in [2.75, 3.05) is 19.8 Å². The van der Waals surface area contributed by atoms with Gasteiger partial charge in [-0.2, -0.15) is 0 Å². The molecule has 3 N–H and O–H groups in total. The summed E-state index contributed by atoms with van der Waals surface area (Å²) < 4.78 is 15.5. The Balaban J connectivity index is 1.70. The third-order valence-corrected chi connectivity index (χ3v) is 4.10. The quantitative estimate of drug-likeness (QED) is 0.397. The summed E-state index contributed by atoms with van der Waals surface area (Å²) in [6.45, 7) is 1.98. The molecule has 104 valence electrons. The zero-order chi connectivity index (χ0) is 12.8. The van der Waals surface area contributed by atoms with Crippen molar-refractivity contribution in [3.05, 3.63) is 0 Å². The van der Waals surface area contributed by atoms with Gasteiger partial charge in [0.1, 0.15) is 0 Å². The molecule has 0 saturated carbocycles. The number of hydrogen-bond acceptors (Lipinski definition) is 6. The van der Waals surface area contributed by atoms with Crippen molar-refractivity contribution in [1.29, 1.82) is 0 Å². The first-order chi connectivity index (χ1) is 8.48. The van der Waals surface area contributed by atoms with E-state index in [1.807, 2.05) is 0 Å². The van der Waals surface area contributed by atoms with Crippen molar-refractivity contribution in [2.24, 2.45) is 5.41 Å². The Kier molecular flexibility index (Phi) is 3.12. The van der Waals surface area contributed by atoms with Crippen LogP contribution in [0.3, 0.4) is 0 Å². The Hall–Kier alpha value is -0.240. The van der Waals surface area contributed by atoms with Gasteiger partial charge in [0.05, 0.1) is 43.5 Å². The van der Waals surface area contributed by atoms with Gasteiger partial charge >= 0.3 is 0 Å². The van der Waals surface area contributed by atoms with Crippen LogP contribution in [0.5, 0.6) is 0 Å². The number of aliphatic hydroxyl groups is 3. The maximum absolute atomic E-state index is 9.77. The molecule has 0 aliphatic carbocycles. The monoisotopic (exact) mass is 260 g/mol. The van der Waals surface area contributed by atoms with Crippen LogP contribution in [0.25, 0.3) is 0 Å². The molecular formula is C12H20O6. The first-order valence-electron chi connectivity index (χ1n) is 6.50. The van der Waals surface area contributed by atoms with Crippen molar-refractivity contribution in [3.63, 3.8) is 0 Å². The summed E-state index contributed by atoms with van der Waals surface area (Å²) in [5, 5.41) is 29.3. The lowest BCUT2D eigenvalue weighted by Gasteiger charge is -2.40. The number of rotatable bonds is 8. The molecule has 0 aromatic heterocycles. The molecule has 0 bridgehead atoms. The average Bonchev–Trinajstić information content (AvgIpc) is 3.08. The Morgan fingerprint density at radius 1 is 0.833 bits per heavy atom. The molecule has 0 aromatic rings. The molecule has 0 radical (unpaired) electrons. The molecule has 3 atom stereocenters. The lowest BCUT2D eigenvalue weighted by atomic mass is 9.72.